The lowest BCUT2D eigenvalue weighted by molar-refractivity contribution is 0.239. The number of nitrogens with zero attached hydrogens (tertiary/aromatic N) is 2. The molecule has 0 saturated heterocycles. The van der Waals surface area contributed by atoms with Crippen LogP contribution in [0.4, 0.5) is 10.6 Å². The summed E-state index contributed by atoms with van der Waals surface area (Å²) in [5, 5.41) is 21.4. The van der Waals surface area contributed by atoms with Gasteiger partial charge in [0.05, 0.1) is 17.3 Å². The quantitative estimate of drug-likeness (QED) is 0.784. The van der Waals surface area contributed by atoms with Gasteiger partial charge in [0.1, 0.15) is 5.82 Å². The van der Waals surface area contributed by atoms with Crippen molar-refractivity contribution in [2.75, 3.05) is 11.9 Å². The normalized spacial score (nSPS) is 12.9. The van der Waals surface area contributed by atoms with Crippen LogP contribution in [0.2, 0.25) is 0 Å². The number of aliphatic hydroxyl groups excluding tert-OH is 1. The lowest BCUT2D eigenvalue weighted by Gasteiger charge is -2.23. The van der Waals surface area contributed by atoms with Crippen LogP contribution in [-0.2, 0) is 5.54 Å². The lowest BCUT2D eigenvalue weighted by atomic mass is 10.1. The van der Waals surface area contributed by atoms with Crippen LogP contribution in [0.1, 0.15) is 43.8 Å². The Morgan fingerprint density at radius 1 is 1.48 bits per heavy atom. The van der Waals surface area contributed by atoms with Gasteiger partial charge in [-0.15, -0.1) is 11.3 Å². The second-order valence-corrected chi connectivity index (χ2v) is 7.41. The Bertz CT molecular complexity index is 644. The van der Waals surface area contributed by atoms with Crippen molar-refractivity contribution in [2.45, 2.75) is 45.7 Å². The Labute approximate surface area is 140 Å². The Morgan fingerprint density at radius 2 is 2.22 bits per heavy atom. The molecule has 0 spiro atoms. The van der Waals surface area contributed by atoms with Crippen molar-refractivity contribution in [2.24, 2.45) is 0 Å². The second-order valence-electron chi connectivity index (χ2n) is 6.43. The van der Waals surface area contributed by atoms with E-state index < -0.39 is 0 Å². The second kappa shape index (κ2) is 7.14. The van der Waals surface area contributed by atoms with E-state index >= 15 is 0 Å². The monoisotopic (exact) mass is 336 g/mol. The summed E-state index contributed by atoms with van der Waals surface area (Å²) in [5.41, 5.74) is 0.621. The molecule has 0 aliphatic rings. The van der Waals surface area contributed by atoms with Gasteiger partial charge in [0, 0.05) is 17.6 Å². The number of aromatic nitrogens is 2. The lowest BCUT2D eigenvalue weighted by Crippen LogP contribution is -2.35. The third-order valence-electron chi connectivity index (χ3n) is 3.32. The number of hydrogen-bond acceptors (Lipinski definition) is 4. The SMILES string of the molecule is Cc1cc(NC(=O)N[C@H](CCO)c2cccs2)n(C(C)(C)C)n1. The smallest absolute Gasteiger partial charge is 0.320 e. The molecule has 6 nitrogen and oxygen atoms in total. The number of hydrogen-bond donors (Lipinski definition) is 3. The molecular formula is C16H24N4O2S. The predicted octanol–water partition coefficient (Wildman–Crippen LogP) is 3.25. The number of carbonyl (C=O) groups excluding carboxylic acids is 1. The summed E-state index contributed by atoms with van der Waals surface area (Å²) >= 11 is 1.56. The highest BCUT2D eigenvalue weighted by Gasteiger charge is 2.21. The molecule has 0 aliphatic carbocycles. The predicted molar refractivity (Wildman–Crippen MR) is 92.9 cm³/mol. The number of aryl methyl sites for hydroxylation is 1. The van der Waals surface area contributed by atoms with Crippen LogP contribution in [0.25, 0.3) is 0 Å². The standard InChI is InChI=1S/C16H24N4O2S/c1-11-10-14(20(19-11)16(2,3)4)18-15(22)17-12(7-8-21)13-6-5-9-23-13/h5-6,9-10,12,21H,7-8H2,1-4H3,(H2,17,18,22)/t12-/m1/s1. The molecule has 0 aliphatic heterocycles. The van der Waals surface area contributed by atoms with E-state index in [1.807, 2.05) is 51.3 Å². The number of rotatable bonds is 5. The molecular weight excluding hydrogens is 312 g/mol. The minimum absolute atomic E-state index is 0.0158. The molecule has 23 heavy (non-hydrogen) atoms. The minimum Gasteiger partial charge on any atom is -0.396 e. The molecule has 2 amide bonds. The first-order valence-electron chi connectivity index (χ1n) is 7.60. The Kier molecular flexibility index (Phi) is 5.43. The summed E-state index contributed by atoms with van der Waals surface area (Å²) < 4.78 is 1.80. The molecule has 2 aromatic heterocycles. The van der Waals surface area contributed by atoms with Crippen molar-refractivity contribution < 1.29 is 9.90 Å². The molecule has 2 aromatic rings. The molecule has 0 radical (unpaired) electrons. The van der Waals surface area contributed by atoms with Crippen LogP contribution in [0.5, 0.6) is 0 Å². The number of amides is 2. The molecule has 3 N–H and O–H groups in total. The minimum atomic E-state index is -0.303. The van der Waals surface area contributed by atoms with E-state index in [9.17, 15) is 9.90 Å². The molecule has 0 aromatic carbocycles. The summed E-state index contributed by atoms with van der Waals surface area (Å²) in [6, 6.07) is 5.22. The average Bonchev–Trinajstić information content (AvgIpc) is 3.07. The molecule has 1 atom stereocenters. The molecule has 2 heterocycles. The summed E-state index contributed by atoms with van der Waals surface area (Å²) in [5.74, 6) is 0.654. The molecule has 0 saturated carbocycles. The van der Waals surface area contributed by atoms with Crippen molar-refractivity contribution in [3.63, 3.8) is 0 Å². The molecule has 0 unspecified atom stereocenters. The van der Waals surface area contributed by atoms with E-state index in [1.165, 1.54) is 0 Å². The number of aliphatic hydroxyl groups is 1. The Morgan fingerprint density at radius 3 is 2.78 bits per heavy atom. The number of carbonyl (C=O) groups is 1. The number of thiophene rings is 1. The average molecular weight is 336 g/mol. The van der Waals surface area contributed by atoms with Crippen LogP contribution in [-0.4, -0.2) is 27.5 Å². The van der Waals surface area contributed by atoms with Gasteiger partial charge in [-0.25, -0.2) is 9.48 Å². The van der Waals surface area contributed by atoms with Crippen molar-refractivity contribution in [1.82, 2.24) is 15.1 Å². The zero-order chi connectivity index (χ0) is 17.0. The van der Waals surface area contributed by atoms with Gasteiger partial charge in [-0.2, -0.15) is 5.10 Å². The van der Waals surface area contributed by atoms with E-state index in [1.54, 1.807) is 16.0 Å². The van der Waals surface area contributed by atoms with E-state index in [-0.39, 0.29) is 24.2 Å². The third-order valence-corrected chi connectivity index (χ3v) is 4.30. The molecule has 2 rings (SSSR count). The summed E-state index contributed by atoms with van der Waals surface area (Å²) in [7, 11) is 0. The van der Waals surface area contributed by atoms with E-state index in [4.69, 9.17) is 0 Å². The van der Waals surface area contributed by atoms with Crippen LogP contribution in [0, 0.1) is 6.92 Å². The Hall–Kier alpha value is -1.86. The zero-order valence-electron chi connectivity index (χ0n) is 14.0. The maximum absolute atomic E-state index is 12.3. The highest BCUT2D eigenvalue weighted by atomic mass is 32.1. The topological polar surface area (TPSA) is 79.2 Å². The van der Waals surface area contributed by atoms with Crippen LogP contribution < -0.4 is 10.6 Å². The molecule has 0 bridgehead atoms. The highest BCUT2D eigenvalue weighted by Crippen LogP contribution is 2.23. The third kappa shape index (κ3) is 4.56. The van der Waals surface area contributed by atoms with Crippen molar-refractivity contribution in [3.8, 4) is 0 Å². The maximum atomic E-state index is 12.3. The van der Waals surface area contributed by atoms with Gasteiger partial charge in [0.15, 0.2) is 0 Å². The van der Waals surface area contributed by atoms with E-state index in [0.29, 0.717) is 12.2 Å². The fraction of sp³-hybridized carbons (Fsp3) is 0.500. The highest BCUT2D eigenvalue weighted by molar-refractivity contribution is 7.10. The van der Waals surface area contributed by atoms with E-state index in [0.717, 1.165) is 10.6 Å². The van der Waals surface area contributed by atoms with Crippen molar-refractivity contribution in [3.05, 3.63) is 34.2 Å². The van der Waals surface area contributed by atoms with Gasteiger partial charge < -0.3 is 10.4 Å². The summed E-state index contributed by atoms with van der Waals surface area (Å²) in [6.45, 7) is 8.00. The van der Waals surface area contributed by atoms with Gasteiger partial charge in [0.25, 0.3) is 0 Å². The fourth-order valence-corrected chi connectivity index (χ4v) is 3.13. The van der Waals surface area contributed by atoms with Crippen molar-refractivity contribution >= 4 is 23.2 Å². The van der Waals surface area contributed by atoms with Gasteiger partial charge >= 0.3 is 6.03 Å². The number of anilines is 1. The van der Waals surface area contributed by atoms with Gasteiger partial charge in [-0.1, -0.05) is 6.07 Å². The summed E-state index contributed by atoms with van der Waals surface area (Å²) in [6.07, 6.45) is 0.478. The van der Waals surface area contributed by atoms with Crippen LogP contribution >= 0.6 is 11.3 Å². The van der Waals surface area contributed by atoms with Gasteiger partial charge in [-0.05, 0) is 45.6 Å². The molecule has 7 heteroatoms. The Balaban J connectivity index is 2.10. The first-order chi connectivity index (χ1) is 10.8. The number of urea groups is 1. The number of nitrogens with one attached hydrogen (secondary N) is 2. The summed E-state index contributed by atoms with van der Waals surface area (Å²) in [4.78, 5) is 13.4. The molecule has 126 valence electrons. The molecule has 0 fully saturated rings. The van der Waals surface area contributed by atoms with Crippen LogP contribution in [0.3, 0.4) is 0 Å². The van der Waals surface area contributed by atoms with Crippen LogP contribution in [0.15, 0.2) is 23.6 Å². The maximum Gasteiger partial charge on any atom is 0.320 e. The van der Waals surface area contributed by atoms with Gasteiger partial charge in [0.2, 0.25) is 0 Å². The first kappa shape index (κ1) is 17.5. The van der Waals surface area contributed by atoms with Crippen molar-refractivity contribution in [1.29, 1.82) is 0 Å². The van der Waals surface area contributed by atoms with E-state index in [2.05, 4.69) is 15.7 Å². The largest absolute Gasteiger partial charge is 0.396 e. The van der Waals surface area contributed by atoms with Gasteiger partial charge in [-0.3, -0.25) is 5.32 Å². The fourth-order valence-electron chi connectivity index (χ4n) is 2.31. The zero-order valence-corrected chi connectivity index (χ0v) is 14.8. The first-order valence-corrected chi connectivity index (χ1v) is 8.48.